The van der Waals surface area contributed by atoms with Crippen molar-refractivity contribution in [2.75, 3.05) is 0 Å². The molecule has 1 N–H and O–H groups in total. The van der Waals surface area contributed by atoms with E-state index >= 15 is 0 Å². The largest absolute Gasteiger partial charge is 0.313 e. The van der Waals surface area contributed by atoms with Gasteiger partial charge in [-0.05, 0) is 0 Å². The summed E-state index contributed by atoms with van der Waals surface area (Å²) in [5, 5.41) is 9.85. The molecule has 3 nitrogen and oxygen atoms in total. The molecule has 1 heterocycles. The van der Waals surface area contributed by atoms with Crippen LogP contribution in [0, 0.1) is 11.3 Å². The lowest BCUT2D eigenvalue weighted by Gasteiger charge is -2.08. The van der Waals surface area contributed by atoms with Gasteiger partial charge in [0.25, 0.3) is 6.42 Å². The zero-order chi connectivity index (χ0) is 7.56. The van der Waals surface area contributed by atoms with Crippen LogP contribution in [0.25, 0.3) is 0 Å². The number of hydrogen-bond donors (Lipinski definition) is 1. The lowest BCUT2D eigenvalue weighted by Crippen LogP contribution is -2.25. The van der Waals surface area contributed by atoms with Crippen molar-refractivity contribution in [2.24, 2.45) is 4.99 Å². The lowest BCUT2D eigenvalue weighted by atomic mass is 10.3. The number of halogens is 2. The van der Waals surface area contributed by atoms with Crippen LogP contribution in [0.3, 0.4) is 0 Å². The highest BCUT2D eigenvalue weighted by Gasteiger charge is 2.13. The van der Waals surface area contributed by atoms with Gasteiger partial charge in [0.05, 0.1) is 0 Å². The van der Waals surface area contributed by atoms with E-state index in [0.29, 0.717) is 0 Å². The molecule has 1 atom stereocenters. The Balaban J connectivity index is 2.86. The third-order valence-electron chi connectivity index (χ3n) is 0.937. The normalized spacial score (nSPS) is 23.9. The molecule has 0 spiro atoms. The minimum absolute atomic E-state index is 0.283. The average molecular weight is 143 g/mol. The Morgan fingerprint density at radius 2 is 2.50 bits per heavy atom. The molecule has 0 aromatic rings. The Hall–Kier alpha value is -1.44. The number of rotatable bonds is 0. The lowest BCUT2D eigenvalue weighted by molar-refractivity contribution is 0.280. The summed E-state index contributed by atoms with van der Waals surface area (Å²) in [4.78, 5) is 3.11. The minimum Gasteiger partial charge on any atom is -0.313 e. The Morgan fingerprint density at radius 1 is 1.80 bits per heavy atom. The monoisotopic (exact) mass is 143 g/mol. The van der Waals surface area contributed by atoms with E-state index in [1.165, 1.54) is 6.07 Å². The van der Waals surface area contributed by atoms with Gasteiger partial charge in [-0.1, -0.05) is 0 Å². The molecule has 1 unspecified atom stereocenters. The van der Waals surface area contributed by atoms with Gasteiger partial charge in [-0.15, -0.1) is 0 Å². The van der Waals surface area contributed by atoms with Gasteiger partial charge in [0.15, 0.2) is 0 Å². The summed E-state index contributed by atoms with van der Waals surface area (Å²) in [5.41, 5.74) is -0.283. The molecule has 1 rings (SSSR count). The fraction of sp³-hybridized carbons (Fsp3) is 0.200. The number of nitrogens with one attached hydrogen (secondary N) is 1. The average Bonchev–Trinajstić information content (AvgIpc) is 1.88. The minimum atomic E-state index is -1.77. The fourth-order valence-electron chi connectivity index (χ4n) is 0.494. The van der Waals surface area contributed by atoms with Crippen LogP contribution in [0.4, 0.5) is 8.78 Å². The summed E-state index contributed by atoms with van der Waals surface area (Å²) in [6.45, 7) is 0. The molecule has 5 heteroatoms. The molecule has 10 heavy (non-hydrogen) atoms. The molecule has 0 bridgehead atoms. The van der Waals surface area contributed by atoms with Gasteiger partial charge in [0, 0.05) is 6.21 Å². The van der Waals surface area contributed by atoms with E-state index < -0.39 is 12.4 Å². The van der Waals surface area contributed by atoms with Crippen molar-refractivity contribution in [1.82, 2.24) is 5.32 Å². The van der Waals surface area contributed by atoms with Crippen molar-refractivity contribution < 1.29 is 8.78 Å². The topological polar surface area (TPSA) is 48.2 Å². The first-order valence-electron chi connectivity index (χ1n) is 2.47. The first-order chi connectivity index (χ1) is 4.74. The van der Waals surface area contributed by atoms with Crippen LogP contribution in [0.5, 0.6) is 0 Å². The highest BCUT2D eigenvalue weighted by molar-refractivity contribution is 5.84. The van der Waals surface area contributed by atoms with Gasteiger partial charge in [0.1, 0.15) is 11.6 Å². The fourth-order valence-corrected chi connectivity index (χ4v) is 0.494. The zero-order valence-electron chi connectivity index (χ0n) is 4.81. The Morgan fingerprint density at radius 3 is 3.00 bits per heavy atom. The molecule has 0 radical (unpaired) electrons. The van der Waals surface area contributed by atoms with Gasteiger partial charge < -0.3 is 5.32 Å². The first-order valence-corrected chi connectivity index (χ1v) is 2.47. The van der Waals surface area contributed by atoms with Crippen LogP contribution >= 0.6 is 0 Å². The summed E-state index contributed by atoms with van der Waals surface area (Å²) < 4.78 is 24.4. The van der Waals surface area contributed by atoms with Crippen LogP contribution < -0.4 is 5.32 Å². The summed E-state index contributed by atoms with van der Waals surface area (Å²) in [5.74, 6) is -0.968. The highest BCUT2D eigenvalue weighted by atomic mass is 19.2. The molecular weight excluding hydrogens is 140 g/mol. The molecule has 0 amide bonds. The summed E-state index contributed by atoms with van der Waals surface area (Å²) in [7, 11) is 0. The van der Waals surface area contributed by atoms with Gasteiger partial charge >= 0.3 is 0 Å². The second-order valence-corrected chi connectivity index (χ2v) is 1.60. The van der Waals surface area contributed by atoms with Crippen molar-refractivity contribution >= 4 is 6.21 Å². The molecule has 1 aliphatic rings. The molecule has 0 fully saturated rings. The maximum atomic E-state index is 12.3. The number of nitrogens with zero attached hydrogens (tertiary/aromatic N) is 2. The molecule has 0 aliphatic carbocycles. The second-order valence-electron chi connectivity index (χ2n) is 1.60. The highest BCUT2D eigenvalue weighted by Crippen LogP contribution is 2.07. The van der Waals surface area contributed by atoms with Gasteiger partial charge in [0.2, 0.25) is 5.95 Å². The number of aliphatic imine (C=N–C) groups is 1. The van der Waals surface area contributed by atoms with Crippen LogP contribution in [0.15, 0.2) is 16.5 Å². The van der Waals surface area contributed by atoms with Crippen molar-refractivity contribution in [3.8, 4) is 6.07 Å². The predicted molar refractivity (Wildman–Crippen MR) is 30.3 cm³/mol. The standard InChI is InChI=1S/C5H3F2N3/c6-4-3(1-8)2-9-5(7)10-4/h2,5,10H. The van der Waals surface area contributed by atoms with Crippen LogP contribution in [-0.4, -0.2) is 12.6 Å². The first kappa shape index (κ1) is 6.68. The van der Waals surface area contributed by atoms with Gasteiger partial charge in [-0.25, -0.2) is 4.99 Å². The number of allylic oxidation sites excluding steroid dienone is 1. The van der Waals surface area contributed by atoms with Crippen molar-refractivity contribution in [2.45, 2.75) is 6.42 Å². The molecule has 0 saturated carbocycles. The Kier molecular flexibility index (Phi) is 1.63. The molecule has 1 aliphatic heterocycles. The quantitative estimate of drug-likeness (QED) is 0.505. The molecule has 52 valence electrons. The SMILES string of the molecule is N#CC1=C(F)NC(F)N=C1. The van der Waals surface area contributed by atoms with Crippen molar-refractivity contribution in [3.05, 3.63) is 11.5 Å². The number of alkyl halides is 1. The van der Waals surface area contributed by atoms with E-state index in [-0.39, 0.29) is 5.57 Å². The summed E-state index contributed by atoms with van der Waals surface area (Å²) in [6.07, 6.45) is -0.909. The third kappa shape index (κ3) is 1.10. The predicted octanol–water partition coefficient (Wildman–Crippen LogP) is 0.618. The van der Waals surface area contributed by atoms with E-state index in [9.17, 15) is 8.78 Å². The van der Waals surface area contributed by atoms with Gasteiger partial charge in [-0.2, -0.15) is 14.0 Å². The molecular formula is C5H3F2N3. The Labute approximate surface area is 55.7 Å². The van der Waals surface area contributed by atoms with E-state index in [1.807, 2.05) is 0 Å². The van der Waals surface area contributed by atoms with Crippen LogP contribution in [0.1, 0.15) is 0 Å². The molecule has 0 saturated heterocycles. The van der Waals surface area contributed by atoms with Crippen LogP contribution in [-0.2, 0) is 0 Å². The summed E-state index contributed by atoms with van der Waals surface area (Å²) in [6, 6.07) is 1.50. The second kappa shape index (κ2) is 2.43. The maximum Gasteiger partial charge on any atom is 0.266 e. The van der Waals surface area contributed by atoms with Gasteiger partial charge in [-0.3, -0.25) is 0 Å². The van der Waals surface area contributed by atoms with E-state index in [4.69, 9.17) is 5.26 Å². The van der Waals surface area contributed by atoms with E-state index in [0.717, 1.165) is 6.21 Å². The molecule has 0 aromatic carbocycles. The van der Waals surface area contributed by atoms with Crippen molar-refractivity contribution in [3.63, 3.8) is 0 Å². The smallest absolute Gasteiger partial charge is 0.266 e. The zero-order valence-corrected chi connectivity index (χ0v) is 4.81. The van der Waals surface area contributed by atoms with E-state index in [1.54, 1.807) is 5.32 Å². The van der Waals surface area contributed by atoms with Crippen LogP contribution in [0.2, 0.25) is 0 Å². The summed E-state index contributed by atoms with van der Waals surface area (Å²) >= 11 is 0. The number of nitriles is 1. The Bertz CT molecular complexity index is 238. The third-order valence-corrected chi connectivity index (χ3v) is 0.937. The van der Waals surface area contributed by atoms with E-state index in [2.05, 4.69) is 4.99 Å². The van der Waals surface area contributed by atoms with Crippen molar-refractivity contribution in [1.29, 1.82) is 5.26 Å². The number of hydrogen-bond acceptors (Lipinski definition) is 3. The maximum absolute atomic E-state index is 12.3. The molecule has 0 aromatic heterocycles.